The third-order valence-electron chi connectivity index (χ3n) is 1.95. The fraction of sp³-hybridized carbons (Fsp3) is 0.667. The number of hydrogen-bond acceptors (Lipinski definition) is 3. The normalized spacial score (nSPS) is 23.3. The molecule has 0 saturated carbocycles. The zero-order chi connectivity index (χ0) is 9.68. The maximum absolute atomic E-state index is 10.8. The highest BCUT2D eigenvalue weighted by atomic mass is 16.5. The molecule has 0 aromatic rings. The lowest BCUT2D eigenvalue weighted by Crippen LogP contribution is -2.48. The van der Waals surface area contributed by atoms with Crippen molar-refractivity contribution in [1.82, 2.24) is 4.90 Å². The Labute approximate surface area is 78.0 Å². The summed E-state index contributed by atoms with van der Waals surface area (Å²) in [7, 11) is 0. The molecule has 1 rings (SSSR count). The minimum Gasteiger partial charge on any atom is -0.367 e. The van der Waals surface area contributed by atoms with E-state index in [1.165, 1.54) is 0 Å². The molecule has 0 bridgehead atoms. The number of nitrogens with two attached hydrogens (primary N) is 1. The van der Waals surface area contributed by atoms with Crippen molar-refractivity contribution < 1.29 is 9.53 Å². The van der Waals surface area contributed by atoms with Crippen LogP contribution in [0.1, 0.15) is 6.92 Å². The summed E-state index contributed by atoms with van der Waals surface area (Å²) in [5.41, 5.74) is 5.13. The van der Waals surface area contributed by atoms with Crippen molar-refractivity contribution in [2.24, 2.45) is 5.73 Å². The first-order valence-electron chi connectivity index (χ1n) is 4.27. The van der Waals surface area contributed by atoms with E-state index in [0.717, 1.165) is 6.54 Å². The molecule has 1 heterocycles. The first kappa shape index (κ1) is 10.0. The topological polar surface area (TPSA) is 55.6 Å². The summed E-state index contributed by atoms with van der Waals surface area (Å²) in [4.78, 5) is 12.9. The van der Waals surface area contributed by atoms with Crippen molar-refractivity contribution >= 4 is 5.91 Å². The molecule has 1 aliphatic rings. The van der Waals surface area contributed by atoms with Gasteiger partial charge in [-0.15, -0.1) is 5.92 Å². The van der Waals surface area contributed by atoms with Crippen LogP contribution in [0.5, 0.6) is 0 Å². The van der Waals surface area contributed by atoms with Crippen LogP contribution in [-0.2, 0) is 9.53 Å². The summed E-state index contributed by atoms with van der Waals surface area (Å²) in [5, 5.41) is 0. The Bertz CT molecular complexity index is 242. The minimum atomic E-state index is -0.465. The lowest BCUT2D eigenvalue weighted by molar-refractivity contribution is -0.134. The number of ether oxygens (including phenoxy) is 1. The van der Waals surface area contributed by atoms with Crippen LogP contribution in [0, 0.1) is 11.8 Å². The van der Waals surface area contributed by atoms with Crippen molar-refractivity contribution in [2.45, 2.75) is 13.0 Å². The zero-order valence-electron chi connectivity index (χ0n) is 7.75. The van der Waals surface area contributed by atoms with Crippen LogP contribution >= 0.6 is 0 Å². The van der Waals surface area contributed by atoms with Gasteiger partial charge in [0.1, 0.15) is 6.10 Å². The third-order valence-corrected chi connectivity index (χ3v) is 1.95. The molecule has 0 aliphatic carbocycles. The molecule has 1 atom stereocenters. The van der Waals surface area contributed by atoms with E-state index in [-0.39, 0.29) is 0 Å². The Morgan fingerprint density at radius 2 is 2.54 bits per heavy atom. The number of morpholine rings is 1. The Balaban J connectivity index is 2.40. The number of rotatable bonds is 2. The predicted octanol–water partition coefficient (Wildman–Crippen LogP) is -0.804. The van der Waals surface area contributed by atoms with E-state index in [0.29, 0.717) is 19.7 Å². The molecule has 2 N–H and O–H groups in total. The smallest absolute Gasteiger partial charge is 0.247 e. The van der Waals surface area contributed by atoms with Crippen molar-refractivity contribution in [1.29, 1.82) is 0 Å². The summed E-state index contributed by atoms with van der Waals surface area (Å²) in [6.45, 7) is 4.41. The largest absolute Gasteiger partial charge is 0.367 e. The summed E-state index contributed by atoms with van der Waals surface area (Å²) < 4.78 is 5.19. The molecule has 1 saturated heterocycles. The Kier molecular flexibility index (Phi) is 3.74. The van der Waals surface area contributed by atoms with E-state index >= 15 is 0 Å². The summed E-state index contributed by atoms with van der Waals surface area (Å²) >= 11 is 0. The van der Waals surface area contributed by atoms with Crippen LogP contribution in [0.2, 0.25) is 0 Å². The van der Waals surface area contributed by atoms with Gasteiger partial charge < -0.3 is 10.5 Å². The third kappa shape index (κ3) is 3.05. The monoisotopic (exact) mass is 182 g/mol. The van der Waals surface area contributed by atoms with Crippen LogP contribution in [0.25, 0.3) is 0 Å². The maximum atomic E-state index is 10.8. The Morgan fingerprint density at radius 1 is 1.77 bits per heavy atom. The molecular weight excluding hydrogens is 168 g/mol. The summed E-state index contributed by atoms with van der Waals surface area (Å²) in [6.07, 6.45) is -0.465. The number of hydrogen-bond donors (Lipinski definition) is 1. The Morgan fingerprint density at radius 3 is 3.15 bits per heavy atom. The van der Waals surface area contributed by atoms with Crippen LogP contribution in [-0.4, -0.2) is 43.2 Å². The van der Waals surface area contributed by atoms with Crippen LogP contribution in [0.3, 0.4) is 0 Å². The van der Waals surface area contributed by atoms with E-state index in [1.54, 1.807) is 6.92 Å². The highest BCUT2D eigenvalue weighted by molar-refractivity contribution is 5.79. The molecule has 1 fully saturated rings. The minimum absolute atomic E-state index is 0.394. The van der Waals surface area contributed by atoms with Gasteiger partial charge in [0.25, 0.3) is 0 Å². The SMILES string of the molecule is CC#CCN1CCOC(C(N)=O)C1. The molecule has 13 heavy (non-hydrogen) atoms. The zero-order valence-corrected chi connectivity index (χ0v) is 7.75. The molecule has 1 amide bonds. The fourth-order valence-corrected chi connectivity index (χ4v) is 1.21. The van der Waals surface area contributed by atoms with E-state index in [2.05, 4.69) is 16.7 Å². The second-order valence-corrected chi connectivity index (χ2v) is 2.92. The standard InChI is InChI=1S/C9H14N2O2/c1-2-3-4-11-5-6-13-8(7-11)9(10)12/h8H,4-7H2,1H3,(H2,10,12). The molecule has 0 radical (unpaired) electrons. The van der Waals surface area contributed by atoms with Crippen LogP contribution in [0.4, 0.5) is 0 Å². The van der Waals surface area contributed by atoms with Crippen LogP contribution < -0.4 is 5.73 Å². The van der Waals surface area contributed by atoms with Gasteiger partial charge in [0.2, 0.25) is 5.91 Å². The van der Waals surface area contributed by atoms with Crippen LogP contribution in [0.15, 0.2) is 0 Å². The summed E-state index contributed by atoms with van der Waals surface area (Å²) in [6, 6.07) is 0. The maximum Gasteiger partial charge on any atom is 0.247 e. The van der Waals surface area contributed by atoms with Crippen molar-refractivity contribution in [3.05, 3.63) is 0 Å². The highest BCUT2D eigenvalue weighted by Gasteiger charge is 2.23. The highest BCUT2D eigenvalue weighted by Crippen LogP contribution is 2.03. The quantitative estimate of drug-likeness (QED) is 0.569. The lowest BCUT2D eigenvalue weighted by Gasteiger charge is -2.29. The van der Waals surface area contributed by atoms with Gasteiger partial charge in [-0.2, -0.15) is 0 Å². The van der Waals surface area contributed by atoms with Gasteiger partial charge in [0, 0.05) is 13.1 Å². The molecule has 1 aliphatic heterocycles. The average Bonchev–Trinajstić information content (AvgIpc) is 2.15. The van der Waals surface area contributed by atoms with E-state index in [1.807, 2.05) is 0 Å². The van der Waals surface area contributed by atoms with Gasteiger partial charge >= 0.3 is 0 Å². The molecule has 72 valence electrons. The number of carbonyl (C=O) groups excluding carboxylic acids is 1. The van der Waals surface area contributed by atoms with Gasteiger partial charge in [-0.25, -0.2) is 0 Å². The first-order valence-corrected chi connectivity index (χ1v) is 4.27. The van der Waals surface area contributed by atoms with Gasteiger partial charge in [-0.3, -0.25) is 9.69 Å². The van der Waals surface area contributed by atoms with E-state index < -0.39 is 12.0 Å². The molecular formula is C9H14N2O2. The molecule has 4 heteroatoms. The second kappa shape index (κ2) is 4.85. The number of amides is 1. The second-order valence-electron chi connectivity index (χ2n) is 2.92. The molecule has 0 aromatic carbocycles. The fourth-order valence-electron chi connectivity index (χ4n) is 1.21. The number of carbonyl (C=O) groups is 1. The molecule has 4 nitrogen and oxygen atoms in total. The predicted molar refractivity (Wildman–Crippen MR) is 48.8 cm³/mol. The Hall–Kier alpha value is -1.05. The van der Waals surface area contributed by atoms with Gasteiger partial charge in [0.05, 0.1) is 13.2 Å². The van der Waals surface area contributed by atoms with Gasteiger partial charge in [0.15, 0.2) is 0 Å². The molecule has 0 aromatic heterocycles. The van der Waals surface area contributed by atoms with Gasteiger partial charge in [-0.05, 0) is 6.92 Å². The van der Waals surface area contributed by atoms with Crippen molar-refractivity contribution in [2.75, 3.05) is 26.2 Å². The van der Waals surface area contributed by atoms with E-state index in [9.17, 15) is 4.79 Å². The lowest BCUT2D eigenvalue weighted by atomic mass is 10.2. The number of nitrogens with zero attached hydrogens (tertiary/aromatic N) is 1. The summed E-state index contributed by atoms with van der Waals surface area (Å²) in [5.74, 6) is 5.36. The molecule has 1 unspecified atom stereocenters. The molecule has 0 spiro atoms. The van der Waals surface area contributed by atoms with E-state index in [4.69, 9.17) is 10.5 Å². The number of primary amides is 1. The van der Waals surface area contributed by atoms with Crippen molar-refractivity contribution in [3.8, 4) is 11.8 Å². The first-order chi connectivity index (χ1) is 6.24. The van der Waals surface area contributed by atoms with Gasteiger partial charge in [-0.1, -0.05) is 5.92 Å². The van der Waals surface area contributed by atoms with Crippen molar-refractivity contribution in [3.63, 3.8) is 0 Å². The average molecular weight is 182 g/mol.